The summed E-state index contributed by atoms with van der Waals surface area (Å²) in [6.45, 7) is 0. The molecule has 0 aliphatic carbocycles. The molecular formula is C12H12F3OS+. The molecule has 0 fully saturated rings. The lowest BCUT2D eigenvalue weighted by molar-refractivity contribution is -0.165. The summed E-state index contributed by atoms with van der Waals surface area (Å²) in [6, 6.07) is 8.63. The van der Waals surface area contributed by atoms with Gasteiger partial charge >= 0.3 is 6.18 Å². The van der Waals surface area contributed by atoms with Crippen LogP contribution in [0.1, 0.15) is 5.56 Å². The Balaban J connectivity index is 3.12. The van der Waals surface area contributed by atoms with Gasteiger partial charge in [-0.2, -0.15) is 13.2 Å². The van der Waals surface area contributed by atoms with Gasteiger partial charge in [0.2, 0.25) is 0 Å². The normalized spacial score (nSPS) is 12.9. The van der Waals surface area contributed by atoms with Gasteiger partial charge in [0.25, 0.3) is 5.78 Å². The Morgan fingerprint density at radius 2 is 1.71 bits per heavy atom. The van der Waals surface area contributed by atoms with E-state index in [1.54, 1.807) is 42.8 Å². The van der Waals surface area contributed by atoms with E-state index < -0.39 is 22.9 Å². The Morgan fingerprint density at radius 3 is 2.12 bits per heavy atom. The van der Waals surface area contributed by atoms with Gasteiger partial charge < -0.3 is 0 Å². The van der Waals surface area contributed by atoms with Gasteiger partial charge in [-0.05, 0) is 12.1 Å². The van der Waals surface area contributed by atoms with Crippen LogP contribution in [0.3, 0.4) is 0 Å². The third-order valence-electron chi connectivity index (χ3n) is 2.04. The first-order valence-electron chi connectivity index (χ1n) is 4.78. The topological polar surface area (TPSA) is 17.1 Å². The van der Waals surface area contributed by atoms with E-state index in [9.17, 15) is 18.0 Å². The van der Waals surface area contributed by atoms with Crippen LogP contribution in [0, 0.1) is 0 Å². The van der Waals surface area contributed by atoms with Crippen LogP contribution in [-0.4, -0.2) is 24.5 Å². The number of benzene rings is 1. The zero-order chi connectivity index (χ0) is 13.1. The molecule has 0 saturated carbocycles. The fourth-order valence-corrected chi connectivity index (χ4v) is 2.19. The number of allylic oxidation sites excluding steroid dienone is 1. The molecule has 0 amide bonds. The van der Waals surface area contributed by atoms with Crippen molar-refractivity contribution >= 4 is 21.6 Å². The van der Waals surface area contributed by atoms with Crippen LogP contribution in [0.4, 0.5) is 13.2 Å². The molecule has 0 bridgehead atoms. The molecule has 0 unspecified atom stereocenters. The molecular weight excluding hydrogens is 249 g/mol. The van der Waals surface area contributed by atoms with Gasteiger partial charge in [-0.3, -0.25) is 4.79 Å². The summed E-state index contributed by atoms with van der Waals surface area (Å²) in [5.41, 5.74) is 0.651. The number of halogens is 3. The summed E-state index contributed by atoms with van der Waals surface area (Å²) >= 11 is 0. The van der Waals surface area contributed by atoms with Crippen molar-refractivity contribution in [2.75, 3.05) is 12.5 Å². The third-order valence-corrected chi connectivity index (χ3v) is 3.27. The molecule has 92 valence electrons. The average Bonchev–Trinajstić information content (AvgIpc) is 2.25. The molecule has 0 aliphatic heterocycles. The Kier molecular flexibility index (Phi) is 4.40. The zero-order valence-electron chi connectivity index (χ0n) is 9.41. The van der Waals surface area contributed by atoms with Gasteiger partial charge in [0.05, 0.1) is 0 Å². The maximum atomic E-state index is 12.2. The monoisotopic (exact) mass is 261 g/mol. The number of ketones is 1. The molecule has 0 atom stereocenters. The number of hydrogen-bond acceptors (Lipinski definition) is 1. The van der Waals surface area contributed by atoms with Crippen LogP contribution in [-0.2, 0) is 15.7 Å². The van der Waals surface area contributed by atoms with Crippen molar-refractivity contribution in [2.24, 2.45) is 0 Å². The predicted octanol–water partition coefficient (Wildman–Crippen LogP) is 3.04. The minimum atomic E-state index is -4.81. The number of rotatable bonds is 3. The standard InChI is InChI=1S/C12H12F3OS/c1-17(2)10(8-11(16)12(13,14)15)9-6-4-3-5-7-9/h3-8H,1-2H3/q+1/b10-8+. The highest BCUT2D eigenvalue weighted by atomic mass is 32.2. The summed E-state index contributed by atoms with van der Waals surface area (Å²) in [7, 11) is -0.419. The van der Waals surface area contributed by atoms with Crippen LogP contribution in [0.25, 0.3) is 4.91 Å². The van der Waals surface area contributed by atoms with Gasteiger partial charge in [-0.15, -0.1) is 0 Å². The van der Waals surface area contributed by atoms with Crippen molar-refractivity contribution in [2.45, 2.75) is 6.18 Å². The van der Waals surface area contributed by atoms with Crippen LogP contribution < -0.4 is 0 Å². The quantitative estimate of drug-likeness (QED) is 0.604. The van der Waals surface area contributed by atoms with E-state index in [4.69, 9.17) is 0 Å². The fraction of sp³-hybridized carbons (Fsp3) is 0.250. The molecule has 0 radical (unpaired) electrons. The maximum Gasteiger partial charge on any atom is 0.454 e. The van der Waals surface area contributed by atoms with Crippen LogP contribution >= 0.6 is 0 Å². The lowest BCUT2D eigenvalue weighted by Crippen LogP contribution is -2.21. The Morgan fingerprint density at radius 1 is 1.18 bits per heavy atom. The van der Waals surface area contributed by atoms with Crippen molar-refractivity contribution in [1.82, 2.24) is 0 Å². The first-order valence-corrected chi connectivity index (χ1v) is 6.82. The van der Waals surface area contributed by atoms with E-state index >= 15 is 0 Å². The van der Waals surface area contributed by atoms with Crippen molar-refractivity contribution < 1.29 is 18.0 Å². The van der Waals surface area contributed by atoms with E-state index in [0.717, 1.165) is 0 Å². The van der Waals surface area contributed by atoms with Gasteiger partial charge in [0.1, 0.15) is 12.5 Å². The molecule has 1 aromatic carbocycles. The summed E-state index contributed by atoms with van der Waals surface area (Å²) in [5, 5.41) is 0. The van der Waals surface area contributed by atoms with E-state index in [1.807, 2.05) is 0 Å². The Bertz CT molecular complexity index is 421. The highest BCUT2D eigenvalue weighted by molar-refractivity contribution is 8.04. The SMILES string of the molecule is C[S+](C)/C(=C/C(=O)C(F)(F)F)c1ccccc1. The lowest BCUT2D eigenvalue weighted by Gasteiger charge is -2.05. The molecule has 17 heavy (non-hydrogen) atoms. The zero-order valence-corrected chi connectivity index (χ0v) is 10.2. The minimum Gasteiger partial charge on any atom is -0.284 e. The minimum absolute atomic E-state index is 0.419. The molecule has 1 rings (SSSR count). The Labute approximate surface area is 101 Å². The van der Waals surface area contributed by atoms with Crippen LogP contribution in [0.2, 0.25) is 0 Å². The average molecular weight is 261 g/mol. The highest BCUT2D eigenvalue weighted by Crippen LogP contribution is 2.24. The first-order chi connectivity index (χ1) is 7.82. The van der Waals surface area contributed by atoms with Crippen LogP contribution in [0.5, 0.6) is 0 Å². The molecule has 0 aliphatic rings. The van der Waals surface area contributed by atoms with E-state index in [-0.39, 0.29) is 0 Å². The molecule has 0 N–H and O–H groups in total. The van der Waals surface area contributed by atoms with Crippen molar-refractivity contribution in [3.63, 3.8) is 0 Å². The van der Waals surface area contributed by atoms with E-state index in [2.05, 4.69) is 0 Å². The summed E-state index contributed by atoms with van der Waals surface area (Å²) < 4.78 is 36.6. The summed E-state index contributed by atoms with van der Waals surface area (Å²) in [5.74, 6) is -1.81. The molecule has 0 aromatic heterocycles. The first kappa shape index (κ1) is 13.8. The highest BCUT2D eigenvalue weighted by Gasteiger charge is 2.38. The maximum absolute atomic E-state index is 12.2. The molecule has 0 spiro atoms. The number of carbonyl (C=O) groups is 1. The largest absolute Gasteiger partial charge is 0.454 e. The van der Waals surface area contributed by atoms with Crippen molar-refractivity contribution in [1.29, 1.82) is 0 Å². The molecule has 0 heterocycles. The summed E-state index contributed by atoms with van der Waals surface area (Å²) in [4.78, 5) is 11.4. The second kappa shape index (κ2) is 5.40. The molecule has 1 nitrogen and oxygen atoms in total. The molecule has 1 aromatic rings. The van der Waals surface area contributed by atoms with Gasteiger partial charge in [0, 0.05) is 22.5 Å². The van der Waals surface area contributed by atoms with Crippen molar-refractivity contribution in [3.8, 4) is 0 Å². The smallest absolute Gasteiger partial charge is 0.284 e. The second-order valence-corrected chi connectivity index (χ2v) is 5.63. The number of hydrogen-bond donors (Lipinski definition) is 0. The fourth-order valence-electron chi connectivity index (χ4n) is 1.24. The van der Waals surface area contributed by atoms with E-state index in [0.29, 0.717) is 16.5 Å². The van der Waals surface area contributed by atoms with E-state index in [1.165, 1.54) is 0 Å². The third kappa shape index (κ3) is 3.93. The lowest BCUT2D eigenvalue weighted by atomic mass is 10.2. The van der Waals surface area contributed by atoms with Gasteiger partial charge in [-0.1, -0.05) is 18.2 Å². The summed E-state index contributed by atoms with van der Waals surface area (Å²) in [6.07, 6.45) is -0.553. The second-order valence-electron chi connectivity index (χ2n) is 3.55. The van der Waals surface area contributed by atoms with Gasteiger partial charge in [-0.25, -0.2) is 0 Å². The predicted molar refractivity (Wildman–Crippen MR) is 64.7 cm³/mol. The van der Waals surface area contributed by atoms with Crippen LogP contribution in [0.15, 0.2) is 36.4 Å². The molecule has 0 saturated heterocycles. The Hall–Kier alpha value is -1.23. The molecule has 5 heteroatoms. The van der Waals surface area contributed by atoms with Crippen molar-refractivity contribution in [3.05, 3.63) is 42.0 Å². The number of carbonyl (C=O) groups excluding carboxylic acids is 1. The van der Waals surface area contributed by atoms with Gasteiger partial charge in [0.15, 0.2) is 4.91 Å². The number of alkyl halides is 3.